The van der Waals surface area contributed by atoms with E-state index in [4.69, 9.17) is 18.9 Å². The molecule has 218 valence electrons. The second kappa shape index (κ2) is 10.8. The Labute approximate surface area is 220 Å². The molecule has 3 aliphatic rings. The van der Waals surface area contributed by atoms with E-state index >= 15 is 0 Å². The molecule has 40 heavy (non-hydrogen) atoms. The molecule has 0 amide bonds. The zero-order valence-corrected chi connectivity index (χ0v) is 20.2. The Bertz CT molecular complexity index is 1130. The summed E-state index contributed by atoms with van der Waals surface area (Å²) in [4.78, 5) is 19.9. The Hall–Kier alpha value is -3.46. The molecule has 3 aliphatic heterocycles. The van der Waals surface area contributed by atoms with Crippen molar-refractivity contribution in [3.63, 3.8) is 0 Å². The lowest BCUT2D eigenvalue weighted by atomic mass is 9.73. The van der Waals surface area contributed by atoms with E-state index in [1.807, 2.05) is 0 Å². The number of cyclic esters (lactones) is 2. The van der Waals surface area contributed by atoms with Gasteiger partial charge in [0.15, 0.2) is 0 Å². The molecule has 3 heterocycles. The van der Waals surface area contributed by atoms with Crippen LogP contribution in [0.25, 0.3) is 0 Å². The van der Waals surface area contributed by atoms with Crippen LogP contribution < -0.4 is 9.47 Å². The lowest BCUT2D eigenvalue weighted by molar-refractivity contribution is -0.288. The molecule has 0 aliphatic carbocycles. The molecule has 15 heteroatoms. The molecular formula is C25H20F8O7. The standard InChI is InChI=1S/C21H18F6O4.C4H2F2O3/c22-20(23,24)19(21(25,26)27,13-1-5-15(6-2-13)28-9-17-11-30-17)14-3-7-16(8-4-14)29-10-18-12-31-18;5-4(6)1-2(7)9-3(4)8/h1-8,17-18H,9-12H2;1H2. The average Bonchev–Trinajstić information content (AvgIpc) is 3.77. The second-order valence-electron chi connectivity index (χ2n) is 8.97. The van der Waals surface area contributed by atoms with Gasteiger partial charge in [-0.1, -0.05) is 24.3 Å². The lowest BCUT2D eigenvalue weighted by Crippen LogP contribution is -2.54. The van der Waals surface area contributed by atoms with Crippen LogP contribution in [-0.4, -0.2) is 68.8 Å². The van der Waals surface area contributed by atoms with Crippen LogP contribution in [0, 0.1) is 0 Å². The third kappa shape index (κ3) is 6.46. The van der Waals surface area contributed by atoms with Crippen molar-refractivity contribution in [2.45, 2.75) is 42.3 Å². The number of hydrogen-bond donors (Lipinski definition) is 0. The van der Waals surface area contributed by atoms with Gasteiger partial charge < -0.3 is 23.7 Å². The van der Waals surface area contributed by atoms with Gasteiger partial charge in [0.25, 0.3) is 0 Å². The van der Waals surface area contributed by atoms with Gasteiger partial charge in [0, 0.05) is 0 Å². The van der Waals surface area contributed by atoms with Crippen molar-refractivity contribution in [1.29, 1.82) is 0 Å². The highest BCUT2D eigenvalue weighted by atomic mass is 19.4. The normalized spacial score (nSPS) is 21.7. The first-order chi connectivity index (χ1) is 18.6. The topological polar surface area (TPSA) is 86.9 Å². The number of benzene rings is 2. The summed E-state index contributed by atoms with van der Waals surface area (Å²) in [6, 6.07) is 7.54. The van der Waals surface area contributed by atoms with E-state index in [-0.39, 0.29) is 36.9 Å². The van der Waals surface area contributed by atoms with Crippen molar-refractivity contribution >= 4 is 11.9 Å². The largest absolute Gasteiger partial charge is 0.491 e. The van der Waals surface area contributed by atoms with Gasteiger partial charge in [-0.05, 0) is 35.4 Å². The maximum absolute atomic E-state index is 14.2. The lowest BCUT2D eigenvalue weighted by Gasteiger charge is -2.38. The Morgan fingerprint density at radius 3 is 1.32 bits per heavy atom. The molecule has 0 bridgehead atoms. The molecule has 0 saturated carbocycles. The molecule has 0 radical (unpaired) electrons. The van der Waals surface area contributed by atoms with E-state index in [1.54, 1.807) is 0 Å². The van der Waals surface area contributed by atoms with Gasteiger partial charge in [-0.3, -0.25) is 4.79 Å². The summed E-state index contributed by atoms with van der Waals surface area (Å²) in [5, 5.41) is 0. The molecule has 7 nitrogen and oxygen atoms in total. The highest BCUT2D eigenvalue weighted by Gasteiger charge is 2.72. The van der Waals surface area contributed by atoms with E-state index in [2.05, 4.69) is 4.74 Å². The van der Waals surface area contributed by atoms with Crippen LogP contribution in [0.1, 0.15) is 17.5 Å². The molecule has 5 rings (SSSR count). The van der Waals surface area contributed by atoms with E-state index < -0.39 is 53.2 Å². The smallest absolute Gasteiger partial charge is 0.411 e. The number of hydrogen-bond acceptors (Lipinski definition) is 7. The second-order valence-corrected chi connectivity index (χ2v) is 8.97. The van der Waals surface area contributed by atoms with E-state index in [1.165, 1.54) is 0 Å². The summed E-state index contributed by atoms with van der Waals surface area (Å²) >= 11 is 0. The monoisotopic (exact) mass is 584 g/mol. The zero-order chi connectivity index (χ0) is 29.3. The minimum atomic E-state index is -5.65. The first-order valence-corrected chi connectivity index (χ1v) is 11.6. The summed E-state index contributed by atoms with van der Waals surface area (Å²) in [5.41, 5.74) is -6.12. The molecule has 2 atom stereocenters. The molecule has 0 aromatic heterocycles. The third-order valence-corrected chi connectivity index (χ3v) is 5.97. The van der Waals surface area contributed by atoms with Crippen LogP contribution in [-0.2, 0) is 29.2 Å². The minimum Gasteiger partial charge on any atom is -0.491 e. The highest BCUT2D eigenvalue weighted by Crippen LogP contribution is 2.56. The van der Waals surface area contributed by atoms with Crippen molar-refractivity contribution in [1.82, 2.24) is 0 Å². The SMILES string of the molecule is FC(F)(F)C(c1ccc(OCC2CO2)cc1)(c1ccc(OCC2CO2)cc1)C(F)(F)F.O=C1CC(F)(F)C(=O)O1. The fourth-order valence-corrected chi connectivity index (χ4v) is 3.76. The number of ether oxygens (including phenoxy) is 5. The van der Waals surface area contributed by atoms with Crippen molar-refractivity contribution in [2.24, 2.45) is 0 Å². The zero-order valence-electron chi connectivity index (χ0n) is 20.2. The summed E-state index contributed by atoms with van der Waals surface area (Å²) in [5.74, 6) is -6.18. The number of carbonyl (C=O) groups excluding carboxylic acids is 2. The Morgan fingerprint density at radius 2 is 1.10 bits per heavy atom. The van der Waals surface area contributed by atoms with Crippen molar-refractivity contribution in [3.8, 4) is 11.5 Å². The van der Waals surface area contributed by atoms with E-state index in [0.29, 0.717) is 13.2 Å². The fraction of sp³-hybridized carbons (Fsp3) is 0.440. The molecule has 3 saturated heterocycles. The summed E-state index contributed by atoms with van der Waals surface area (Å²) in [6.07, 6.45) is -12.6. The van der Waals surface area contributed by atoms with Crippen LogP contribution in [0.15, 0.2) is 48.5 Å². The van der Waals surface area contributed by atoms with Crippen molar-refractivity contribution < 1.29 is 68.4 Å². The van der Waals surface area contributed by atoms with Gasteiger partial charge in [-0.2, -0.15) is 35.1 Å². The molecule has 2 unspecified atom stereocenters. The van der Waals surface area contributed by atoms with Crippen LogP contribution in [0.4, 0.5) is 35.1 Å². The maximum atomic E-state index is 14.2. The van der Waals surface area contributed by atoms with Gasteiger partial charge in [0.2, 0.25) is 5.41 Å². The van der Waals surface area contributed by atoms with Gasteiger partial charge in [-0.15, -0.1) is 0 Å². The predicted octanol–water partition coefficient (Wildman–Crippen LogP) is 4.75. The van der Waals surface area contributed by atoms with Gasteiger partial charge in [-0.25, -0.2) is 4.79 Å². The van der Waals surface area contributed by atoms with Gasteiger partial charge in [0.05, 0.1) is 13.2 Å². The number of esters is 2. The van der Waals surface area contributed by atoms with Crippen LogP contribution in [0.3, 0.4) is 0 Å². The van der Waals surface area contributed by atoms with E-state index in [0.717, 1.165) is 48.5 Å². The highest BCUT2D eigenvalue weighted by molar-refractivity contribution is 5.98. The average molecular weight is 584 g/mol. The molecule has 2 aromatic rings. The molecule has 0 spiro atoms. The molecule has 0 N–H and O–H groups in total. The molecular weight excluding hydrogens is 564 g/mol. The summed E-state index contributed by atoms with van der Waals surface area (Å²) in [7, 11) is 0. The molecule has 3 fully saturated rings. The quantitative estimate of drug-likeness (QED) is 0.192. The Balaban J connectivity index is 0.000000350. The molecule has 2 aromatic carbocycles. The summed E-state index contributed by atoms with van der Waals surface area (Å²) < 4.78 is 133. The first kappa shape index (κ1) is 29.5. The maximum Gasteiger partial charge on any atom is 0.411 e. The minimum absolute atomic E-state index is 0.101. The van der Waals surface area contributed by atoms with Crippen molar-refractivity contribution in [2.75, 3.05) is 26.4 Å². The Kier molecular flexibility index (Phi) is 8.00. The van der Waals surface area contributed by atoms with E-state index in [9.17, 15) is 44.7 Å². The van der Waals surface area contributed by atoms with Gasteiger partial charge in [0.1, 0.15) is 43.3 Å². The van der Waals surface area contributed by atoms with Crippen LogP contribution >= 0.6 is 0 Å². The van der Waals surface area contributed by atoms with Crippen LogP contribution in [0.5, 0.6) is 11.5 Å². The third-order valence-electron chi connectivity index (χ3n) is 5.97. The predicted molar refractivity (Wildman–Crippen MR) is 117 cm³/mol. The number of rotatable bonds is 8. The first-order valence-electron chi connectivity index (χ1n) is 11.6. The van der Waals surface area contributed by atoms with Gasteiger partial charge >= 0.3 is 30.2 Å². The fourth-order valence-electron chi connectivity index (χ4n) is 3.76. The van der Waals surface area contributed by atoms with Crippen molar-refractivity contribution in [3.05, 3.63) is 59.7 Å². The Morgan fingerprint density at radius 1 is 0.725 bits per heavy atom. The van der Waals surface area contributed by atoms with Crippen LogP contribution in [0.2, 0.25) is 0 Å². The number of halogens is 8. The number of carbonyl (C=O) groups is 2. The summed E-state index contributed by atoms with van der Waals surface area (Å²) in [6.45, 7) is 1.38. The number of epoxide rings is 2. The number of alkyl halides is 8.